The van der Waals surface area contributed by atoms with E-state index in [-0.39, 0.29) is 17.5 Å². The van der Waals surface area contributed by atoms with Crippen molar-refractivity contribution in [3.05, 3.63) is 0 Å². The van der Waals surface area contributed by atoms with Gasteiger partial charge in [0.2, 0.25) is 5.91 Å². The maximum Gasteiger partial charge on any atom is 0.306 e. The minimum atomic E-state index is -0.760. The molecule has 6 nitrogen and oxygen atoms in total. The van der Waals surface area contributed by atoms with Gasteiger partial charge in [-0.25, -0.2) is 0 Å². The molecule has 0 radical (unpaired) electrons. The van der Waals surface area contributed by atoms with Gasteiger partial charge in [-0.3, -0.25) is 9.59 Å². The van der Waals surface area contributed by atoms with Gasteiger partial charge in [0.25, 0.3) is 0 Å². The highest BCUT2D eigenvalue weighted by Crippen LogP contribution is 2.31. The van der Waals surface area contributed by atoms with Crippen LogP contribution < -0.4 is 5.32 Å². The molecule has 6 heteroatoms. The molecule has 1 aliphatic heterocycles. The van der Waals surface area contributed by atoms with E-state index in [0.29, 0.717) is 25.8 Å². The highest BCUT2D eigenvalue weighted by Gasteiger charge is 2.33. The molecule has 1 unspecified atom stereocenters. The first-order chi connectivity index (χ1) is 8.43. The van der Waals surface area contributed by atoms with Gasteiger partial charge in [-0.2, -0.15) is 10.2 Å². The van der Waals surface area contributed by atoms with Crippen molar-refractivity contribution in [3.63, 3.8) is 0 Å². The van der Waals surface area contributed by atoms with E-state index >= 15 is 0 Å². The van der Waals surface area contributed by atoms with Gasteiger partial charge in [-0.05, 0) is 19.8 Å². The predicted molar refractivity (Wildman–Crippen MR) is 66.2 cm³/mol. The second-order valence-electron chi connectivity index (χ2n) is 5.00. The van der Waals surface area contributed by atoms with Crippen molar-refractivity contribution in [1.29, 1.82) is 0 Å². The summed E-state index contributed by atoms with van der Waals surface area (Å²) in [6.07, 6.45) is 3.39. The summed E-state index contributed by atoms with van der Waals surface area (Å²) < 4.78 is 0. The molecule has 0 aromatic heterocycles. The Balaban J connectivity index is 1.94. The molecule has 0 aliphatic carbocycles. The van der Waals surface area contributed by atoms with E-state index in [2.05, 4.69) is 15.5 Å². The number of unbranched alkanes of at least 4 members (excludes halogenated alkanes) is 1. The van der Waals surface area contributed by atoms with Crippen LogP contribution in [0.25, 0.3) is 0 Å². The number of hydrogen-bond acceptors (Lipinski definition) is 4. The molecule has 0 aromatic rings. The van der Waals surface area contributed by atoms with Gasteiger partial charge in [0.1, 0.15) is 0 Å². The third kappa shape index (κ3) is 5.75. The van der Waals surface area contributed by atoms with Crippen LogP contribution in [0, 0.1) is 5.92 Å². The Morgan fingerprint density at radius 3 is 2.56 bits per heavy atom. The van der Waals surface area contributed by atoms with Crippen LogP contribution in [0.3, 0.4) is 0 Å². The zero-order valence-corrected chi connectivity index (χ0v) is 11.0. The summed E-state index contributed by atoms with van der Waals surface area (Å²) in [5.41, 5.74) is -0.311. The smallest absolute Gasteiger partial charge is 0.306 e. The second kappa shape index (κ2) is 6.47. The van der Waals surface area contributed by atoms with Gasteiger partial charge in [-0.15, -0.1) is 0 Å². The Hall–Kier alpha value is -1.46. The molecule has 2 N–H and O–H groups in total. The number of amides is 1. The van der Waals surface area contributed by atoms with Crippen molar-refractivity contribution in [1.82, 2.24) is 5.32 Å². The molecule has 0 fully saturated rings. The molecular formula is C12H21N3O3. The first-order valence-electron chi connectivity index (χ1n) is 6.36. The van der Waals surface area contributed by atoms with Crippen molar-refractivity contribution < 1.29 is 14.7 Å². The summed E-state index contributed by atoms with van der Waals surface area (Å²) >= 11 is 0. The number of nitrogens with one attached hydrogen (secondary N) is 1. The van der Waals surface area contributed by atoms with Gasteiger partial charge in [-0.1, -0.05) is 13.3 Å². The van der Waals surface area contributed by atoms with Crippen molar-refractivity contribution in [3.8, 4) is 0 Å². The van der Waals surface area contributed by atoms with E-state index in [1.54, 1.807) is 6.92 Å². The molecule has 1 heterocycles. The minimum Gasteiger partial charge on any atom is -0.481 e. The predicted octanol–water partition coefficient (Wildman–Crippen LogP) is 1.96. The van der Waals surface area contributed by atoms with Gasteiger partial charge in [0.05, 0.1) is 5.92 Å². The molecule has 0 saturated carbocycles. The number of aliphatic carboxylic acids is 1. The van der Waals surface area contributed by atoms with Gasteiger partial charge < -0.3 is 10.4 Å². The lowest BCUT2D eigenvalue weighted by molar-refractivity contribution is -0.141. The second-order valence-corrected chi connectivity index (χ2v) is 5.00. The molecule has 1 atom stereocenters. The fourth-order valence-corrected chi connectivity index (χ4v) is 1.55. The lowest BCUT2D eigenvalue weighted by Gasteiger charge is -2.07. The molecule has 0 aromatic carbocycles. The molecule has 102 valence electrons. The lowest BCUT2D eigenvalue weighted by Crippen LogP contribution is -2.25. The SMILES string of the molecule is CC(CCCCNC(=O)CCC1(C)N=N1)C(=O)O. The van der Waals surface area contributed by atoms with Crippen molar-refractivity contribution in [2.45, 2.75) is 51.6 Å². The third-order valence-corrected chi connectivity index (χ3v) is 3.07. The first-order valence-corrected chi connectivity index (χ1v) is 6.36. The van der Waals surface area contributed by atoms with Crippen LogP contribution in [-0.2, 0) is 9.59 Å². The normalized spacial score (nSPS) is 17.2. The average molecular weight is 255 g/mol. The summed E-state index contributed by atoms with van der Waals surface area (Å²) in [5, 5.41) is 19.2. The molecular weight excluding hydrogens is 234 g/mol. The van der Waals surface area contributed by atoms with Crippen LogP contribution in [-0.4, -0.2) is 29.2 Å². The monoisotopic (exact) mass is 255 g/mol. The van der Waals surface area contributed by atoms with Crippen LogP contribution in [0.2, 0.25) is 0 Å². The molecule has 1 rings (SSSR count). The van der Waals surface area contributed by atoms with E-state index in [0.717, 1.165) is 12.8 Å². The zero-order valence-electron chi connectivity index (χ0n) is 11.0. The van der Waals surface area contributed by atoms with E-state index in [1.165, 1.54) is 0 Å². The Bertz CT molecular complexity index is 335. The molecule has 1 aliphatic rings. The van der Waals surface area contributed by atoms with Crippen LogP contribution in [0.1, 0.15) is 46.0 Å². The van der Waals surface area contributed by atoms with Crippen LogP contribution >= 0.6 is 0 Å². The van der Waals surface area contributed by atoms with E-state index in [9.17, 15) is 9.59 Å². The number of rotatable bonds is 9. The van der Waals surface area contributed by atoms with Crippen LogP contribution in [0.5, 0.6) is 0 Å². The number of carbonyl (C=O) groups is 2. The highest BCUT2D eigenvalue weighted by molar-refractivity contribution is 5.75. The van der Waals surface area contributed by atoms with Crippen LogP contribution in [0.4, 0.5) is 0 Å². The van der Waals surface area contributed by atoms with Crippen molar-refractivity contribution in [2.24, 2.45) is 16.1 Å². The fourth-order valence-electron chi connectivity index (χ4n) is 1.55. The summed E-state index contributed by atoms with van der Waals surface area (Å²) in [5.74, 6) is -1.05. The standard InChI is InChI=1S/C12H21N3O3/c1-9(11(17)18)5-3-4-8-13-10(16)6-7-12(2)14-15-12/h9H,3-8H2,1-2H3,(H,13,16)(H,17,18). The maximum atomic E-state index is 11.4. The Morgan fingerprint density at radius 2 is 2.00 bits per heavy atom. The largest absolute Gasteiger partial charge is 0.481 e. The van der Waals surface area contributed by atoms with E-state index in [1.807, 2.05) is 6.92 Å². The number of hydrogen-bond donors (Lipinski definition) is 2. The molecule has 0 saturated heterocycles. The van der Waals surface area contributed by atoms with Gasteiger partial charge in [0, 0.05) is 19.4 Å². The quantitative estimate of drug-likeness (QED) is 0.617. The van der Waals surface area contributed by atoms with Crippen molar-refractivity contribution in [2.75, 3.05) is 6.54 Å². The number of carboxylic acids is 1. The molecule has 0 bridgehead atoms. The zero-order chi connectivity index (χ0) is 13.6. The molecule has 0 spiro atoms. The summed E-state index contributed by atoms with van der Waals surface area (Å²) in [4.78, 5) is 22.0. The number of nitrogens with zero attached hydrogens (tertiary/aromatic N) is 2. The van der Waals surface area contributed by atoms with Crippen molar-refractivity contribution >= 4 is 11.9 Å². The molecule has 18 heavy (non-hydrogen) atoms. The molecule has 1 amide bonds. The Labute approximate surface area is 107 Å². The number of carboxylic acid groups (broad SMARTS) is 1. The average Bonchev–Trinajstić information content (AvgIpc) is 3.04. The fraction of sp³-hybridized carbons (Fsp3) is 0.833. The summed E-state index contributed by atoms with van der Waals surface area (Å²) in [7, 11) is 0. The first kappa shape index (κ1) is 14.6. The van der Waals surface area contributed by atoms with Gasteiger partial charge >= 0.3 is 5.97 Å². The van der Waals surface area contributed by atoms with Crippen LogP contribution in [0.15, 0.2) is 10.2 Å². The maximum absolute atomic E-state index is 11.4. The van der Waals surface area contributed by atoms with E-state index < -0.39 is 5.97 Å². The summed E-state index contributed by atoms with van der Waals surface area (Å²) in [6, 6.07) is 0. The van der Waals surface area contributed by atoms with Gasteiger partial charge in [0.15, 0.2) is 5.66 Å². The summed E-state index contributed by atoms with van der Waals surface area (Å²) in [6.45, 7) is 4.20. The van der Waals surface area contributed by atoms with E-state index in [4.69, 9.17) is 5.11 Å². The topological polar surface area (TPSA) is 91.1 Å². The lowest BCUT2D eigenvalue weighted by atomic mass is 10.0. The Kier molecular flexibility index (Phi) is 5.25. The minimum absolute atomic E-state index is 0.0137. The number of carbonyl (C=O) groups excluding carboxylic acids is 1. The third-order valence-electron chi connectivity index (χ3n) is 3.07. The Morgan fingerprint density at radius 1 is 1.33 bits per heavy atom. The highest BCUT2D eigenvalue weighted by atomic mass is 16.4.